The minimum Gasteiger partial charge on any atom is -0.481 e. The Morgan fingerprint density at radius 3 is 2.80 bits per heavy atom. The largest absolute Gasteiger partial charge is 0.481 e. The number of H-pyrrole nitrogens is 1. The molecule has 0 saturated heterocycles. The highest BCUT2D eigenvalue weighted by atomic mass is 16.4. The van der Waals surface area contributed by atoms with Crippen LogP contribution in [0, 0.1) is 13.8 Å². The van der Waals surface area contributed by atoms with Crippen molar-refractivity contribution in [2.45, 2.75) is 26.7 Å². The van der Waals surface area contributed by atoms with Crippen LogP contribution in [0.15, 0.2) is 35.1 Å². The molecular weight excluding hydrogens is 320 g/mol. The quantitative estimate of drug-likeness (QED) is 0.643. The Kier molecular flexibility index (Phi) is 4.61. The standard InChI is InChI=1S/C19H20N2O4/c1-11-4-3-5-14-17(11)13(9-21-14)6-7-20-19(24)18-12(2)10-25-15(18)8-16(22)23/h3-5,9-10,21H,6-8H2,1-2H3,(H,20,24)(H,22,23). The third kappa shape index (κ3) is 3.42. The lowest BCUT2D eigenvalue weighted by Crippen LogP contribution is -2.27. The number of nitrogens with one attached hydrogen (secondary N) is 2. The van der Waals surface area contributed by atoms with E-state index < -0.39 is 5.97 Å². The lowest BCUT2D eigenvalue weighted by Gasteiger charge is -2.06. The summed E-state index contributed by atoms with van der Waals surface area (Å²) in [6, 6.07) is 6.09. The first kappa shape index (κ1) is 16.8. The molecule has 1 aromatic carbocycles. The smallest absolute Gasteiger partial charge is 0.311 e. The number of rotatable bonds is 6. The first-order chi connectivity index (χ1) is 12.0. The maximum Gasteiger partial charge on any atom is 0.311 e. The van der Waals surface area contributed by atoms with Crippen LogP contribution in [0.5, 0.6) is 0 Å². The molecule has 0 saturated carbocycles. The molecule has 0 atom stereocenters. The maximum absolute atomic E-state index is 12.4. The van der Waals surface area contributed by atoms with Crippen molar-refractivity contribution in [3.8, 4) is 0 Å². The molecule has 6 nitrogen and oxygen atoms in total. The summed E-state index contributed by atoms with van der Waals surface area (Å²) in [4.78, 5) is 26.5. The van der Waals surface area contributed by atoms with Gasteiger partial charge in [-0.25, -0.2) is 0 Å². The fourth-order valence-corrected chi connectivity index (χ4v) is 3.12. The van der Waals surface area contributed by atoms with Crippen LogP contribution in [-0.2, 0) is 17.6 Å². The second-order valence-electron chi connectivity index (χ2n) is 6.10. The van der Waals surface area contributed by atoms with Crippen molar-refractivity contribution in [3.63, 3.8) is 0 Å². The van der Waals surface area contributed by atoms with Gasteiger partial charge in [-0.3, -0.25) is 9.59 Å². The summed E-state index contributed by atoms with van der Waals surface area (Å²) >= 11 is 0. The number of aromatic nitrogens is 1. The molecule has 0 bridgehead atoms. The summed E-state index contributed by atoms with van der Waals surface area (Å²) in [5, 5.41) is 13.0. The zero-order valence-electron chi connectivity index (χ0n) is 14.2. The van der Waals surface area contributed by atoms with Crippen LogP contribution in [0.1, 0.15) is 32.8 Å². The van der Waals surface area contributed by atoms with Crippen LogP contribution in [0.25, 0.3) is 10.9 Å². The highest BCUT2D eigenvalue weighted by molar-refractivity contribution is 5.97. The molecule has 130 valence electrons. The van der Waals surface area contributed by atoms with Gasteiger partial charge in [-0.1, -0.05) is 12.1 Å². The maximum atomic E-state index is 12.4. The van der Waals surface area contributed by atoms with E-state index in [0.29, 0.717) is 24.1 Å². The van der Waals surface area contributed by atoms with Crippen molar-refractivity contribution >= 4 is 22.8 Å². The van der Waals surface area contributed by atoms with Crippen LogP contribution in [-0.4, -0.2) is 28.5 Å². The van der Waals surface area contributed by atoms with E-state index in [1.807, 2.05) is 18.3 Å². The number of carbonyl (C=O) groups is 2. The molecule has 2 aromatic heterocycles. The zero-order chi connectivity index (χ0) is 18.0. The van der Waals surface area contributed by atoms with Crippen molar-refractivity contribution in [3.05, 3.63) is 58.7 Å². The number of carboxylic acid groups (broad SMARTS) is 1. The van der Waals surface area contributed by atoms with Gasteiger partial charge >= 0.3 is 5.97 Å². The normalized spacial score (nSPS) is 11.0. The minimum absolute atomic E-state index is 0.186. The topological polar surface area (TPSA) is 95.3 Å². The molecule has 3 aromatic rings. The molecule has 2 heterocycles. The fraction of sp³-hybridized carbons (Fsp3) is 0.263. The fourth-order valence-electron chi connectivity index (χ4n) is 3.12. The summed E-state index contributed by atoms with van der Waals surface area (Å²) in [5.41, 5.74) is 4.36. The summed E-state index contributed by atoms with van der Waals surface area (Å²) in [6.07, 6.45) is 3.75. The second kappa shape index (κ2) is 6.84. The SMILES string of the molecule is Cc1coc(CC(=O)O)c1C(=O)NCCc1c[nH]c2cccc(C)c12. The molecule has 3 N–H and O–H groups in total. The van der Waals surface area contributed by atoms with Gasteiger partial charge in [0.2, 0.25) is 0 Å². The molecule has 0 unspecified atom stereocenters. The number of hydrogen-bond donors (Lipinski definition) is 3. The molecule has 0 aliphatic carbocycles. The number of aliphatic carboxylic acids is 1. The Balaban J connectivity index is 1.69. The van der Waals surface area contributed by atoms with Gasteiger partial charge in [0.05, 0.1) is 11.8 Å². The van der Waals surface area contributed by atoms with Gasteiger partial charge in [0.15, 0.2) is 0 Å². The number of benzene rings is 1. The lowest BCUT2D eigenvalue weighted by molar-refractivity contribution is -0.136. The average molecular weight is 340 g/mol. The van der Waals surface area contributed by atoms with E-state index in [0.717, 1.165) is 11.1 Å². The number of amides is 1. The lowest BCUT2D eigenvalue weighted by atomic mass is 10.1. The Morgan fingerprint density at radius 1 is 1.24 bits per heavy atom. The first-order valence-corrected chi connectivity index (χ1v) is 8.10. The third-order valence-electron chi connectivity index (χ3n) is 4.27. The predicted octanol–water partition coefficient (Wildman–Crippen LogP) is 2.98. The van der Waals surface area contributed by atoms with Gasteiger partial charge in [-0.2, -0.15) is 0 Å². The van der Waals surface area contributed by atoms with E-state index in [4.69, 9.17) is 9.52 Å². The molecule has 0 aliphatic rings. The molecule has 6 heteroatoms. The van der Waals surface area contributed by atoms with Crippen molar-refractivity contribution < 1.29 is 19.1 Å². The van der Waals surface area contributed by atoms with Gasteiger partial charge in [0, 0.05) is 29.2 Å². The van der Waals surface area contributed by atoms with Crippen LogP contribution in [0.2, 0.25) is 0 Å². The van der Waals surface area contributed by atoms with E-state index in [2.05, 4.69) is 23.3 Å². The van der Waals surface area contributed by atoms with E-state index in [1.54, 1.807) is 6.92 Å². The predicted molar refractivity (Wildman–Crippen MR) is 93.9 cm³/mol. The molecule has 0 spiro atoms. The van der Waals surface area contributed by atoms with Gasteiger partial charge in [-0.15, -0.1) is 0 Å². The molecule has 25 heavy (non-hydrogen) atoms. The number of hydrogen-bond acceptors (Lipinski definition) is 3. The van der Waals surface area contributed by atoms with Crippen molar-refractivity contribution in [2.24, 2.45) is 0 Å². The summed E-state index contributed by atoms with van der Waals surface area (Å²) < 4.78 is 5.21. The van der Waals surface area contributed by atoms with Gasteiger partial charge in [0.1, 0.15) is 12.2 Å². The van der Waals surface area contributed by atoms with E-state index >= 15 is 0 Å². The van der Waals surface area contributed by atoms with Crippen LogP contribution >= 0.6 is 0 Å². The van der Waals surface area contributed by atoms with Gasteiger partial charge in [-0.05, 0) is 37.5 Å². The Labute approximate surface area is 144 Å². The van der Waals surface area contributed by atoms with E-state index in [9.17, 15) is 9.59 Å². The molecule has 0 radical (unpaired) electrons. The number of fused-ring (bicyclic) bond motifs is 1. The van der Waals surface area contributed by atoms with Crippen LogP contribution in [0.3, 0.4) is 0 Å². The molecule has 1 amide bonds. The van der Waals surface area contributed by atoms with Crippen molar-refractivity contribution in [1.29, 1.82) is 0 Å². The van der Waals surface area contributed by atoms with Crippen molar-refractivity contribution in [2.75, 3.05) is 6.54 Å². The third-order valence-corrected chi connectivity index (χ3v) is 4.27. The van der Waals surface area contributed by atoms with E-state index in [-0.39, 0.29) is 18.1 Å². The molecule has 0 aliphatic heterocycles. The highest BCUT2D eigenvalue weighted by Gasteiger charge is 2.20. The van der Waals surface area contributed by atoms with Gasteiger partial charge < -0.3 is 19.8 Å². The highest BCUT2D eigenvalue weighted by Crippen LogP contribution is 2.22. The van der Waals surface area contributed by atoms with Crippen LogP contribution in [0.4, 0.5) is 0 Å². The second-order valence-corrected chi connectivity index (χ2v) is 6.10. The number of carbonyl (C=O) groups excluding carboxylic acids is 1. The molecule has 0 fully saturated rings. The Bertz CT molecular complexity index is 936. The number of carboxylic acids is 1. The summed E-state index contributed by atoms with van der Waals surface area (Å²) in [6.45, 7) is 4.25. The number of furan rings is 1. The first-order valence-electron chi connectivity index (χ1n) is 8.10. The van der Waals surface area contributed by atoms with Crippen LogP contribution < -0.4 is 5.32 Å². The average Bonchev–Trinajstić information content (AvgIpc) is 3.12. The summed E-state index contributed by atoms with van der Waals surface area (Å²) in [5.74, 6) is -1.15. The van der Waals surface area contributed by atoms with E-state index in [1.165, 1.54) is 17.2 Å². The molecule has 3 rings (SSSR count). The Morgan fingerprint density at radius 2 is 2.04 bits per heavy atom. The van der Waals surface area contributed by atoms with Gasteiger partial charge in [0.25, 0.3) is 5.91 Å². The zero-order valence-corrected chi connectivity index (χ0v) is 14.2. The minimum atomic E-state index is -1.03. The Hall–Kier alpha value is -3.02. The summed E-state index contributed by atoms with van der Waals surface area (Å²) in [7, 11) is 0. The number of aryl methyl sites for hydroxylation is 2. The number of aromatic amines is 1. The van der Waals surface area contributed by atoms with Crippen molar-refractivity contribution in [1.82, 2.24) is 10.3 Å². The molecular formula is C19H20N2O4. The monoisotopic (exact) mass is 340 g/mol.